The highest BCUT2D eigenvalue weighted by atomic mass is 16.3. The van der Waals surface area contributed by atoms with Crippen LogP contribution < -0.4 is 5.32 Å². The molecule has 2 rings (SSSR count). The van der Waals surface area contributed by atoms with E-state index in [2.05, 4.69) is 15.6 Å². The summed E-state index contributed by atoms with van der Waals surface area (Å²) in [5, 5.41) is 20.1. The highest BCUT2D eigenvalue weighted by Gasteiger charge is 2.08. The number of nitrogens with one attached hydrogen (secondary N) is 1. The number of nitrogens with zero attached hydrogens (tertiary/aromatic N) is 3. The van der Waals surface area contributed by atoms with Crippen molar-refractivity contribution in [3.05, 3.63) is 36.0 Å². The maximum Gasteiger partial charge on any atom is 0.120 e. The Morgan fingerprint density at radius 3 is 3.17 bits per heavy atom. The van der Waals surface area contributed by atoms with E-state index in [1.54, 1.807) is 10.9 Å². The van der Waals surface area contributed by atoms with Crippen LogP contribution >= 0.6 is 0 Å². The molecule has 6 heteroatoms. The maximum absolute atomic E-state index is 8.73. The number of aromatic nitrogens is 3. The molecule has 6 nitrogen and oxygen atoms in total. The minimum Gasteiger partial charge on any atom is -0.468 e. The van der Waals surface area contributed by atoms with Gasteiger partial charge in [-0.2, -0.15) is 0 Å². The molecule has 0 amide bonds. The van der Waals surface area contributed by atoms with Gasteiger partial charge in [0, 0.05) is 25.9 Å². The predicted molar refractivity (Wildman–Crippen MR) is 65.7 cm³/mol. The van der Waals surface area contributed by atoms with Crippen LogP contribution in [0, 0.1) is 0 Å². The van der Waals surface area contributed by atoms with Gasteiger partial charge in [-0.15, -0.1) is 5.10 Å². The normalized spacial score (nSPS) is 12.8. The zero-order chi connectivity index (χ0) is 12.8. The van der Waals surface area contributed by atoms with Crippen LogP contribution in [-0.2, 0) is 13.1 Å². The van der Waals surface area contributed by atoms with Gasteiger partial charge in [0.25, 0.3) is 0 Å². The van der Waals surface area contributed by atoms with Crippen LogP contribution in [0.4, 0.5) is 0 Å². The van der Waals surface area contributed by atoms with Gasteiger partial charge in [-0.05, 0) is 25.5 Å². The molecule has 1 atom stereocenters. The van der Waals surface area contributed by atoms with Crippen molar-refractivity contribution >= 4 is 0 Å². The third-order valence-electron chi connectivity index (χ3n) is 2.69. The van der Waals surface area contributed by atoms with E-state index in [1.807, 2.05) is 25.3 Å². The quantitative estimate of drug-likeness (QED) is 0.769. The summed E-state index contributed by atoms with van der Waals surface area (Å²) in [6, 6.07) is 3.96. The van der Waals surface area contributed by atoms with Crippen LogP contribution in [0.1, 0.15) is 30.8 Å². The van der Waals surface area contributed by atoms with E-state index < -0.39 is 0 Å². The molecule has 18 heavy (non-hydrogen) atoms. The Labute approximate surface area is 106 Å². The van der Waals surface area contributed by atoms with Crippen molar-refractivity contribution in [2.75, 3.05) is 6.61 Å². The Balaban J connectivity index is 1.81. The first-order valence-corrected chi connectivity index (χ1v) is 6.06. The van der Waals surface area contributed by atoms with E-state index in [0.717, 1.165) is 11.5 Å². The fourth-order valence-electron chi connectivity index (χ4n) is 1.66. The molecule has 2 heterocycles. The van der Waals surface area contributed by atoms with Crippen molar-refractivity contribution in [1.29, 1.82) is 0 Å². The van der Waals surface area contributed by atoms with E-state index >= 15 is 0 Å². The lowest BCUT2D eigenvalue weighted by molar-refractivity contribution is 0.276. The summed E-state index contributed by atoms with van der Waals surface area (Å²) in [4.78, 5) is 0. The van der Waals surface area contributed by atoms with Gasteiger partial charge in [0.2, 0.25) is 0 Å². The first kappa shape index (κ1) is 12.8. The fourth-order valence-corrected chi connectivity index (χ4v) is 1.66. The smallest absolute Gasteiger partial charge is 0.120 e. The lowest BCUT2D eigenvalue weighted by atomic mass is 10.2. The van der Waals surface area contributed by atoms with Crippen LogP contribution in [0.25, 0.3) is 0 Å². The molecule has 0 spiro atoms. The first-order chi connectivity index (χ1) is 8.79. The molecular weight excluding hydrogens is 232 g/mol. The first-order valence-electron chi connectivity index (χ1n) is 6.06. The zero-order valence-electron chi connectivity index (χ0n) is 10.4. The minimum atomic E-state index is 0.141. The van der Waals surface area contributed by atoms with Gasteiger partial charge in [-0.1, -0.05) is 5.21 Å². The standard InChI is InChI=1S/C12H18N4O2/c1-10(12-4-2-7-18-12)13-8-11-9-16(15-14-11)5-3-6-17/h2,4,7,9-10,13,17H,3,5-6,8H2,1H3/t10-/m0/s1. The van der Waals surface area contributed by atoms with E-state index in [4.69, 9.17) is 9.52 Å². The lowest BCUT2D eigenvalue weighted by Crippen LogP contribution is -2.17. The number of aliphatic hydroxyl groups is 1. The van der Waals surface area contributed by atoms with Crippen LogP contribution in [0.5, 0.6) is 0 Å². The molecule has 0 fully saturated rings. The lowest BCUT2D eigenvalue weighted by Gasteiger charge is -2.09. The molecule has 0 aliphatic heterocycles. The van der Waals surface area contributed by atoms with Crippen molar-refractivity contribution in [3.8, 4) is 0 Å². The van der Waals surface area contributed by atoms with Gasteiger partial charge < -0.3 is 14.8 Å². The second-order valence-corrected chi connectivity index (χ2v) is 4.17. The summed E-state index contributed by atoms with van der Waals surface area (Å²) < 4.78 is 7.05. The topological polar surface area (TPSA) is 76.1 Å². The number of furan rings is 1. The molecule has 0 bridgehead atoms. The Hall–Kier alpha value is -1.66. The van der Waals surface area contributed by atoms with E-state index in [0.29, 0.717) is 19.5 Å². The molecule has 0 aliphatic carbocycles. The molecule has 0 unspecified atom stereocenters. The number of hydrogen-bond donors (Lipinski definition) is 2. The predicted octanol–water partition coefficient (Wildman–Crippen LogP) is 1.10. The summed E-state index contributed by atoms with van der Waals surface area (Å²) in [5.74, 6) is 0.905. The average molecular weight is 250 g/mol. The number of aryl methyl sites for hydroxylation is 1. The maximum atomic E-state index is 8.73. The average Bonchev–Trinajstić information content (AvgIpc) is 3.04. The molecule has 0 saturated heterocycles. The third-order valence-corrected chi connectivity index (χ3v) is 2.69. The van der Waals surface area contributed by atoms with Crippen molar-refractivity contribution < 1.29 is 9.52 Å². The van der Waals surface area contributed by atoms with Gasteiger partial charge in [-0.3, -0.25) is 4.68 Å². The van der Waals surface area contributed by atoms with Crippen LogP contribution in [0.15, 0.2) is 29.0 Å². The Morgan fingerprint density at radius 1 is 1.56 bits per heavy atom. The number of hydrogen-bond acceptors (Lipinski definition) is 5. The molecule has 98 valence electrons. The van der Waals surface area contributed by atoms with Gasteiger partial charge in [-0.25, -0.2) is 0 Å². The van der Waals surface area contributed by atoms with Crippen molar-refractivity contribution in [2.45, 2.75) is 32.5 Å². The SMILES string of the molecule is C[C@H](NCc1cn(CCCO)nn1)c1ccco1. The summed E-state index contributed by atoms with van der Waals surface area (Å²) in [5.41, 5.74) is 0.881. The van der Waals surface area contributed by atoms with Crippen molar-refractivity contribution in [2.24, 2.45) is 0 Å². The van der Waals surface area contributed by atoms with E-state index in [9.17, 15) is 0 Å². The van der Waals surface area contributed by atoms with Crippen molar-refractivity contribution in [1.82, 2.24) is 20.3 Å². The zero-order valence-corrected chi connectivity index (χ0v) is 10.4. The summed E-state index contributed by atoms with van der Waals surface area (Å²) in [7, 11) is 0. The van der Waals surface area contributed by atoms with Gasteiger partial charge >= 0.3 is 0 Å². The Kier molecular flexibility index (Phi) is 4.49. The second-order valence-electron chi connectivity index (χ2n) is 4.17. The molecule has 0 aliphatic rings. The van der Waals surface area contributed by atoms with E-state index in [-0.39, 0.29) is 12.6 Å². The van der Waals surface area contributed by atoms with Gasteiger partial charge in [0.15, 0.2) is 0 Å². The molecule has 0 aromatic carbocycles. The Morgan fingerprint density at radius 2 is 2.44 bits per heavy atom. The third kappa shape index (κ3) is 3.41. The van der Waals surface area contributed by atoms with Crippen molar-refractivity contribution in [3.63, 3.8) is 0 Å². The van der Waals surface area contributed by atoms with Crippen LogP contribution in [0.3, 0.4) is 0 Å². The Bertz CT molecular complexity index is 452. The molecule has 2 aromatic rings. The number of rotatable bonds is 7. The summed E-state index contributed by atoms with van der Waals surface area (Å²) in [6.45, 7) is 3.54. The molecule has 2 aromatic heterocycles. The van der Waals surface area contributed by atoms with Gasteiger partial charge in [0.05, 0.1) is 18.0 Å². The minimum absolute atomic E-state index is 0.141. The molecular formula is C12H18N4O2. The van der Waals surface area contributed by atoms with Crippen LogP contribution in [-0.4, -0.2) is 26.7 Å². The summed E-state index contributed by atoms with van der Waals surface area (Å²) >= 11 is 0. The highest BCUT2D eigenvalue weighted by molar-refractivity contribution is 5.03. The highest BCUT2D eigenvalue weighted by Crippen LogP contribution is 2.12. The van der Waals surface area contributed by atoms with E-state index in [1.165, 1.54) is 0 Å². The molecule has 0 radical (unpaired) electrons. The second kappa shape index (κ2) is 6.32. The van der Waals surface area contributed by atoms with Crippen LogP contribution in [0.2, 0.25) is 0 Å². The summed E-state index contributed by atoms with van der Waals surface area (Å²) in [6.07, 6.45) is 4.25. The number of aliphatic hydroxyl groups excluding tert-OH is 1. The largest absolute Gasteiger partial charge is 0.468 e. The monoisotopic (exact) mass is 250 g/mol. The molecule has 0 saturated carbocycles. The fraction of sp³-hybridized carbons (Fsp3) is 0.500. The molecule has 2 N–H and O–H groups in total. The van der Waals surface area contributed by atoms with Gasteiger partial charge in [0.1, 0.15) is 5.76 Å².